The highest BCUT2D eigenvalue weighted by Crippen LogP contribution is 2.32. The summed E-state index contributed by atoms with van der Waals surface area (Å²) in [6.07, 6.45) is 1.65. The molecule has 3 amide bonds. The van der Waals surface area contributed by atoms with Gasteiger partial charge >= 0.3 is 0 Å². The fraction of sp³-hybridized carbons (Fsp3) is 0.105. The number of halogens is 1. The molecule has 0 spiro atoms. The van der Waals surface area contributed by atoms with E-state index in [0.717, 1.165) is 32.3 Å². The van der Waals surface area contributed by atoms with Crippen molar-refractivity contribution >= 4 is 56.5 Å². The predicted molar refractivity (Wildman–Crippen MR) is 107 cm³/mol. The molecule has 1 heterocycles. The minimum atomic E-state index is -0.457. The van der Waals surface area contributed by atoms with E-state index in [1.165, 1.54) is 0 Å². The van der Waals surface area contributed by atoms with Crippen LogP contribution in [-0.2, 0) is 9.59 Å². The van der Waals surface area contributed by atoms with Gasteiger partial charge < -0.3 is 5.32 Å². The Kier molecular flexibility index (Phi) is 5.58. The maximum atomic E-state index is 12.4. The molecule has 0 aromatic heterocycles. The lowest BCUT2D eigenvalue weighted by atomic mass is 10.2. The van der Waals surface area contributed by atoms with E-state index in [2.05, 4.69) is 21.2 Å². The average molecular weight is 431 g/mol. The van der Waals surface area contributed by atoms with E-state index in [9.17, 15) is 14.4 Å². The number of anilines is 1. The van der Waals surface area contributed by atoms with Crippen molar-refractivity contribution in [2.75, 3.05) is 11.9 Å². The van der Waals surface area contributed by atoms with Gasteiger partial charge in [0.25, 0.3) is 11.1 Å². The molecule has 2 aromatic carbocycles. The molecule has 0 aliphatic carbocycles. The molecule has 132 valence electrons. The third-order valence-electron chi connectivity index (χ3n) is 3.68. The Bertz CT molecular complexity index is 892. The van der Waals surface area contributed by atoms with Crippen LogP contribution in [0.2, 0.25) is 0 Å². The summed E-state index contributed by atoms with van der Waals surface area (Å²) in [7, 11) is 0. The standard InChI is InChI=1S/C19H15BrN2O3S/c1-12-2-8-15(9-3-12)21-17(23)11-22-18(24)16(26-19(22)25)10-13-4-6-14(20)7-5-13/h2-10H,11H2,1H3,(H,21,23)/b16-10+. The second-order valence-electron chi connectivity index (χ2n) is 5.73. The molecule has 2 aromatic rings. The highest BCUT2D eigenvalue weighted by atomic mass is 79.9. The summed E-state index contributed by atoms with van der Waals surface area (Å²) in [5.74, 6) is -0.872. The van der Waals surface area contributed by atoms with Crippen LogP contribution in [0.15, 0.2) is 57.9 Å². The first kappa shape index (κ1) is 18.4. The van der Waals surface area contributed by atoms with Crippen molar-refractivity contribution in [3.63, 3.8) is 0 Å². The second-order valence-corrected chi connectivity index (χ2v) is 7.64. The van der Waals surface area contributed by atoms with Gasteiger partial charge in [0.05, 0.1) is 4.91 Å². The van der Waals surface area contributed by atoms with Gasteiger partial charge in [-0.2, -0.15) is 0 Å². The van der Waals surface area contributed by atoms with Gasteiger partial charge in [-0.15, -0.1) is 0 Å². The zero-order valence-electron chi connectivity index (χ0n) is 13.9. The maximum absolute atomic E-state index is 12.4. The van der Waals surface area contributed by atoms with Crippen LogP contribution < -0.4 is 5.32 Å². The summed E-state index contributed by atoms with van der Waals surface area (Å²) >= 11 is 4.19. The summed E-state index contributed by atoms with van der Waals surface area (Å²) in [5, 5.41) is 2.24. The summed E-state index contributed by atoms with van der Waals surface area (Å²) in [5.41, 5.74) is 2.51. The molecule has 1 aliphatic heterocycles. The van der Waals surface area contributed by atoms with Crippen molar-refractivity contribution in [2.24, 2.45) is 0 Å². The van der Waals surface area contributed by atoms with Crippen LogP contribution in [-0.4, -0.2) is 28.5 Å². The predicted octanol–water partition coefficient (Wildman–Crippen LogP) is 4.43. The number of nitrogens with zero attached hydrogens (tertiary/aromatic N) is 1. The molecule has 1 aliphatic rings. The van der Waals surface area contributed by atoms with E-state index in [0.29, 0.717) is 10.6 Å². The van der Waals surface area contributed by atoms with Crippen molar-refractivity contribution in [1.82, 2.24) is 4.90 Å². The fourth-order valence-corrected chi connectivity index (χ4v) is 3.43. The van der Waals surface area contributed by atoms with Crippen molar-refractivity contribution in [1.29, 1.82) is 0 Å². The summed E-state index contributed by atoms with van der Waals surface area (Å²) in [6, 6.07) is 14.7. The smallest absolute Gasteiger partial charge is 0.294 e. The number of rotatable bonds is 4. The summed E-state index contributed by atoms with van der Waals surface area (Å²) in [6.45, 7) is 1.64. The first-order valence-electron chi connectivity index (χ1n) is 7.80. The van der Waals surface area contributed by atoms with E-state index in [-0.39, 0.29) is 6.54 Å². The number of hydrogen-bond acceptors (Lipinski definition) is 4. The number of thioether (sulfide) groups is 1. The average Bonchev–Trinajstić information content (AvgIpc) is 2.86. The summed E-state index contributed by atoms with van der Waals surface area (Å²) in [4.78, 5) is 38.0. The van der Waals surface area contributed by atoms with Crippen LogP contribution in [0.5, 0.6) is 0 Å². The Morgan fingerprint density at radius 2 is 1.77 bits per heavy atom. The molecular weight excluding hydrogens is 416 g/mol. The number of hydrogen-bond donors (Lipinski definition) is 1. The van der Waals surface area contributed by atoms with Crippen LogP contribution in [0.1, 0.15) is 11.1 Å². The molecule has 0 saturated carbocycles. The molecule has 0 bridgehead atoms. The molecule has 0 unspecified atom stereocenters. The molecular formula is C19H15BrN2O3S. The number of carbonyl (C=O) groups excluding carboxylic acids is 3. The molecule has 0 radical (unpaired) electrons. The Balaban J connectivity index is 1.67. The topological polar surface area (TPSA) is 66.5 Å². The molecule has 1 N–H and O–H groups in total. The van der Waals surface area contributed by atoms with E-state index in [1.54, 1.807) is 18.2 Å². The van der Waals surface area contributed by atoms with Gasteiger partial charge in [-0.3, -0.25) is 19.3 Å². The molecule has 7 heteroatoms. The van der Waals surface area contributed by atoms with Gasteiger partial charge in [0, 0.05) is 10.2 Å². The minimum Gasteiger partial charge on any atom is -0.325 e. The van der Waals surface area contributed by atoms with Crippen LogP contribution in [0.25, 0.3) is 6.08 Å². The zero-order valence-corrected chi connectivity index (χ0v) is 16.3. The van der Waals surface area contributed by atoms with Gasteiger partial charge in [0.2, 0.25) is 5.91 Å². The second kappa shape index (κ2) is 7.88. The van der Waals surface area contributed by atoms with Crippen molar-refractivity contribution in [2.45, 2.75) is 6.92 Å². The van der Waals surface area contributed by atoms with Crippen LogP contribution in [0.3, 0.4) is 0 Å². The molecule has 5 nitrogen and oxygen atoms in total. The van der Waals surface area contributed by atoms with Crippen molar-refractivity contribution in [3.8, 4) is 0 Å². The van der Waals surface area contributed by atoms with Crippen molar-refractivity contribution in [3.05, 3.63) is 69.0 Å². The first-order valence-corrected chi connectivity index (χ1v) is 9.41. The Morgan fingerprint density at radius 3 is 2.42 bits per heavy atom. The van der Waals surface area contributed by atoms with E-state index >= 15 is 0 Å². The lowest BCUT2D eigenvalue weighted by molar-refractivity contribution is -0.127. The van der Waals surface area contributed by atoms with Crippen LogP contribution >= 0.6 is 27.7 Å². The zero-order chi connectivity index (χ0) is 18.7. The van der Waals surface area contributed by atoms with Gasteiger partial charge in [-0.1, -0.05) is 45.8 Å². The van der Waals surface area contributed by atoms with Crippen LogP contribution in [0.4, 0.5) is 10.5 Å². The van der Waals surface area contributed by atoms with E-state index in [1.807, 2.05) is 43.3 Å². The highest BCUT2D eigenvalue weighted by molar-refractivity contribution is 9.10. The number of aryl methyl sites for hydroxylation is 1. The highest BCUT2D eigenvalue weighted by Gasteiger charge is 2.36. The Hall–Kier alpha value is -2.38. The van der Waals surface area contributed by atoms with E-state index < -0.39 is 17.1 Å². The third kappa shape index (κ3) is 4.42. The largest absolute Gasteiger partial charge is 0.325 e. The quantitative estimate of drug-likeness (QED) is 0.728. The SMILES string of the molecule is Cc1ccc(NC(=O)CN2C(=O)S/C(=C/c3ccc(Br)cc3)C2=O)cc1. The van der Waals surface area contributed by atoms with Crippen molar-refractivity contribution < 1.29 is 14.4 Å². The molecule has 3 rings (SSSR count). The lowest BCUT2D eigenvalue weighted by Gasteiger charge is -2.12. The van der Waals surface area contributed by atoms with E-state index in [4.69, 9.17) is 0 Å². The Morgan fingerprint density at radius 1 is 1.12 bits per heavy atom. The van der Waals surface area contributed by atoms with Gasteiger partial charge in [0.15, 0.2) is 0 Å². The lowest BCUT2D eigenvalue weighted by Crippen LogP contribution is -2.36. The number of imide groups is 1. The first-order chi connectivity index (χ1) is 12.4. The minimum absolute atomic E-state index is 0.306. The summed E-state index contributed by atoms with van der Waals surface area (Å²) < 4.78 is 0.926. The molecule has 26 heavy (non-hydrogen) atoms. The number of benzene rings is 2. The maximum Gasteiger partial charge on any atom is 0.294 e. The third-order valence-corrected chi connectivity index (χ3v) is 5.11. The molecule has 1 saturated heterocycles. The van der Waals surface area contributed by atoms with Crippen LogP contribution in [0, 0.1) is 6.92 Å². The van der Waals surface area contributed by atoms with Gasteiger partial charge in [0.1, 0.15) is 6.54 Å². The molecule has 1 fully saturated rings. The number of carbonyl (C=O) groups is 3. The van der Waals surface area contributed by atoms with Gasteiger partial charge in [-0.05, 0) is 54.6 Å². The van der Waals surface area contributed by atoms with Gasteiger partial charge in [-0.25, -0.2) is 0 Å². The fourth-order valence-electron chi connectivity index (χ4n) is 2.33. The molecule has 0 atom stereocenters. The number of nitrogens with one attached hydrogen (secondary N) is 1. The normalized spacial score (nSPS) is 15.6. The monoisotopic (exact) mass is 430 g/mol. The Labute approximate surface area is 163 Å². The number of amides is 3.